The number of aryl methyl sites for hydroxylation is 2. The van der Waals surface area contributed by atoms with Gasteiger partial charge >= 0.3 is 0 Å². The van der Waals surface area contributed by atoms with E-state index in [1.807, 2.05) is 19.0 Å². The number of anilines is 2. The van der Waals surface area contributed by atoms with E-state index in [4.69, 9.17) is 9.40 Å². The minimum Gasteiger partial charge on any atom is -0.423 e. The topological polar surface area (TPSA) is 74.1 Å². The smallest absolute Gasteiger partial charge is 0.298 e. The highest BCUT2D eigenvalue weighted by atomic mass is 16.4. The van der Waals surface area contributed by atoms with Gasteiger partial charge in [-0.2, -0.15) is 9.97 Å². The van der Waals surface area contributed by atoms with Gasteiger partial charge in [-0.3, -0.25) is 5.10 Å². The summed E-state index contributed by atoms with van der Waals surface area (Å²) in [5.74, 6) is 2.13. The zero-order chi connectivity index (χ0) is 17.6. The number of aromatic amines is 1. The third-order valence-electron chi connectivity index (χ3n) is 4.85. The fourth-order valence-electron chi connectivity index (χ4n) is 3.49. The third-order valence-corrected chi connectivity index (χ3v) is 4.85. The van der Waals surface area contributed by atoms with E-state index in [1.165, 1.54) is 5.56 Å². The van der Waals surface area contributed by atoms with Gasteiger partial charge in [0.2, 0.25) is 5.95 Å². The summed E-state index contributed by atoms with van der Waals surface area (Å²) >= 11 is 0. The monoisotopic (exact) mass is 340 g/mol. The molecule has 1 aliphatic heterocycles. The molecule has 1 N–H and O–H groups in total. The number of oxazole rings is 1. The van der Waals surface area contributed by atoms with Crippen molar-refractivity contribution in [2.75, 3.05) is 37.0 Å². The average molecular weight is 340 g/mol. The molecule has 0 unspecified atom stereocenters. The maximum absolute atomic E-state index is 6.04. The van der Waals surface area contributed by atoms with E-state index >= 15 is 0 Å². The van der Waals surface area contributed by atoms with Crippen molar-refractivity contribution in [1.29, 1.82) is 0 Å². The van der Waals surface area contributed by atoms with Crippen LogP contribution in [0.5, 0.6) is 0 Å². The Balaban J connectivity index is 1.49. The third kappa shape index (κ3) is 2.94. The van der Waals surface area contributed by atoms with Crippen LogP contribution < -0.4 is 9.80 Å². The number of benzene rings is 1. The van der Waals surface area contributed by atoms with Gasteiger partial charge in [-0.25, -0.2) is 0 Å². The van der Waals surface area contributed by atoms with Crippen molar-refractivity contribution in [3.8, 4) is 0 Å². The van der Waals surface area contributed by atoms with Crippen LogP contribution >= 0.6 is 0 Å². The summed E-state index contributed by atoms with van der Waals surface area (Å²) in [4.78, 5) is 13.4. The van der Waals surface area contributed by atoms with E-state index in [9.17, 15) is 0 Å². The highest BCUT2D eigenvalue weighted by Gasteiger charge is 2.26. The van der Waals surface area contributed by atoms with E-state index < -0.39 is 0 Å². The van der Waals surface area contributed by atoms with Gasteiger partial charge in [-0.05, 0) is 43.9 Å². The number of hydrogen-bond donors (Lipinski definition) is 1. The summed E-state index contributed by atoms with van der Waals surface area (Å²) in [5.41, 5.74) is 4.20. The summed E-state index contributed by atoms with van der Waals surface area (Å²) in [6.07, 6.45) is 2.03. The largest absolute Gasteiger partial charge is 0.423 e. The number of fused-ring (bicyclic) bond motifs is 1. The molecular weight excluding hydrogens is 316 g/mol. The second-order valence-corrected chi connectivity index (χ2v) is 7.10. The Morgan fingerprint density at radius 1 is 1.16 bits per heavy atom. The number of piperidine rings is 1. The molecule has 0 radical (unpaired) electrons. The first-order chi connectivity index (χ1) is 12.0. The van der Waals surface area contributed by atoms with E-state index in [1.54, 1.807) is 0 Å². The van der Waals surface area contributed by atoms with Gasteiger partial charge in [0.05, 0.1) is 0 Å². The molecule has 25 heavy (non-hydrogen) atoms. The van der Waals surface area contributed by atoms with Crippen molar-refractivity contribution in [3.05, 3.63) is 29.1 Å². The Morgan fingerprint density at radius 2 is 1.92 bits per heavy atom. The second kappa shape index (κ2) is 6.06. The van der Waals surface area contributed by atoms with Crippen LogP contribution in [0.3, 0.4) is 0 Å². The summed E-state index contributed by atoms with van der Waals surface area (Å²) in [5, 5.41) is 7.35. The van der Waals surface area contributed by atoms with Crippen LogP contribution in [0.15, 0.2) is 16.5 Å². The molecule has 7 nitrogen and oxygen atoms in total. The molecule has 2 aromatic heterocycles. The van der Waals surface area contributed by atoms with Gasteiger partial charge < -0.3 is 14.2 Å². The molecule has 4 rings (SSSR count). The highest BCUT2D eigenvalue weighted by Crippen LogP contribution is 2.31. The van der Waals surface area contributed by atoms with Crippen LogP contribution in [0.1, 0.15) is 35.7 Å². The lowest BCUT2D eigenvalue weighted by molar-refractivity contribution is 0.455. The molecule has 3 aromatic rings. The quantitative estimate of drug-likeness (QED) is 0.790. The number of hydrogen-bond acceptors (Lipinski definition) is 6. The molecule has 1 fully saturated rings. The Kier molecular flexibility index (Phi) is 3.86. The predicted molar refractivity (Wildman–Crippen MR) is 98.4 cm³/mol. The number of H-pyrrole nitrogens is 1. The zero-order valence-corrected chi connectivity index (χ0v) is 15.2. The lowest BCUT2D eigenvalue weighted by Gasteiger charge is -2.29. The molecule has 0 spiro atoms. The van der Waals surface area contributed by atoms with Gasteiger partial charge in [0, 0.05) is 33.1 Å². The number of aromatic nitrogens is 4. The predicted octanol–water partition coefficient (Wildman–Crippen LogP) is 3.01. The van der Waals surface area contributed by atoms with E-state index in [2.05, 4.69) is 46.1 Å². The SMILES string of the molecule is Cc1cc(C)c2oc(N3CCC(c4nc(N(C)C)n[nH]4)CC3)nc2c1. The fourth-order valence-corrected chi connectivity index (χ4v) is 3.49. The molecule has 1 aromatic carbocycles. The highest BCUT2D eigenvalue weighted by molar-refractivity contribution is 5.78. The number of rotatable bonds is 3. The second-order valence-electron chi connectivity index (χ2n) is 7.10. The molecular formula is C18H24N6O. The normalized spacial score (nSPS) is 15.9. The van der Waals surface area contributed by atoms with E-state index in [-0.39, 0.29) is 0 Å². The van der Waals surface area contributed by atoms with Crippen molar-refractivity contribution >= 4 is 23.1 Å². The Morgan fingerprint density at radius 3 is 2.60 bits per heavy atom. The van der Waals surface area contributed by atoms with E-state index in [0.717, 1.165) is 60.4 Å². The first-order valence-corrected chi connectivity index (χ1v) is 8.73. The molecule has 132 valence electrons. The van der Waals surface area contributed by atoms with Crippen LogP contribution in [0, 0.1) is 13.8 Å². The molecule has 0 bridgehead atoms. The Bertz CT molecular complexity index is 888. The maximum atomic E-state index is 6.04. The minimum absolute atomic E-state index is 0.408. The first kappa shape index (κ1) is 15.9. The molecule has 0 amide bonds. The molecule has 0 aliphatic carbocycles. The van der Waals surface area contributed by atoms with Crippen molar-refractivity contribution in [2.45, 2.75) is 32.6 Å². The molecule has 1 aliphatic rings. The van der Waals surface area contributed by atoms with Crippen LogP contribution in [-0.2, 0) is 0 Å². The van der Waals surface area contributed by atoms with Crippen molar-refractivity contribution < 1.29 is 4.42 Å². The molecule has 3 heterocycles. The fraction of sp³-hybridized carbons (Fsp3) is 0.500. The van der Waals surface area contributed by atoms with Crippen LogP contribution in [0.4, 0.5) is 12.0 Å². The van der Waals surface area contributed by atoms with Crippen molar-refractivity contribution in [1.82, 2.24) is 20.2 Å². The molecule has 1 saturated heterocycles. The van der Waals surface area contributed by atoms with Crippen LogP contribution in [0.25, 0.3) is 11.1 Å². The minimum atomic E-state index is 0.408. The van der Waals surface area contributed by atoms with Crippen LogP contribution in [0.2, 0.25) is 0 Å². The lowest BCUT2D eigenvalue weighted by atomic mass is 9.96. The average Bonchev–Trinajstić information content (AvgIpc) is 3.22. The summed E-state index contributed by atoms with van der Waals surface area (Å²) in [6, 6.07) is 4.95. The summed E-state index contributed by atoms with van der Waals surface area (Å²) in [7, 11) is 3.90. The summed E-state index contributed by atoms with van der Waals surface area (Å²) in [6.45, 7) is 5.98. The molecule has 0 atom stereocenters. The molecule has 7 heteroatoms. The van der Waals surface area contributed by atoms with Gasteiger partial charge in [0.25, 0.3) is 6.01 Å². The van der Waals surface area contributed by atoms with Gasteiger partial charge in [-0.1, -0.05) is 6.07 Å². The van der Waals surface area contributed by atoms with Gasteiger partial charge in [0.1, 0.15) is 11.3 Å². The van der Waals surface area contributed by atoms with Gasteiger partial charge in [-0.15, -0.1) is 5.10 Å². The Labute approximate surface area is 147 Å². The van der Waals surface area contributed by atoms with Crippen LogP contribution in [-0.4, -0.2) is 47.4 Å². The maximum Gasteiger partial charge on any atom is 0.298 e. The van der Waals surface area contributed by atoms with E-state index in [0.29, 0.717) is 5.92 Å². The lowest BCUT2D eigenvalue weighted by Crippen LogP contribution is -2.33. The molecule has 0 saturated carbocycles. The standard InChI is InChI=1S/C18H24N6O/c1-11-9-12(2)15-14(10-11)19-18(25-15)24-7-5-13(6-8-24)16-20-17(22-21-16)23(3)4/h9-10,13H,5-8H2,1-4H3,(H,20,21,22). The number of nitrogens with one attached hydrogen (secondary N) is 1. The Hall–Kier alpha value is -2.57. The van der Waals surface area contributed by atoms with Crippen molar-refractivity contribution in [3.63, 3.8) is 0 Å². The zero-order valence-electron chi connectivity index (χ0n) is 15.2. The number of nitrogens with zero attached hydrogens (tertiary/aromatic N) is 5. The summed E-state index contributed by atoms with van der Waals surface area (Å²) < 4.78 is 6.04. The van der Waals surface area contributed by atoms with Gasteiger partial charge in [0.15, 0.2) is 5.58 Å². The van der Waals surface area contributed by atoms with Crippen molar-refractivity contribution in [2.24, 2.45) is 0 Å². The first-order valence-electron chi connectivity index (χ1n) is 8.73.